The highest BCUT2D eigenvalue weighted by Gasteiger charge is 2.40. The highest BCUT2D eigenvalue weighted by Crippen LogP contribution is 2.33. The number of carbonyl (C=O) groups is 1. The summed E-state index contributed by atoms with van der Waals surface area (Å²) in [7, 11) is 4.22. The average molecular weight is 383 g/mol. The van der Waals surface area contributed by atoms with Crippen LogP contribution in [0.15, 0.2) is 16.8 Å². The monoisotopic (exact) mass is 382 g/mol. The zero-order chi connectivity index (χ0) is 18.8. The minimum Gasteiger partial charge on any atom is -0.308 e. The lowest BCUT2D eigenvalue weighted by molar-refractivity contribution is -0.526. The number of aliphatic imine (C=N–C) groups is 1. The molecule has 1 N–H and O–H groups in total. The van der Waals surface area contributed by atoms with Gasteiger partial charge in [-0.25, -0.2) is 4.99 Å². The van der Waals surface area contributed by atoms with Crippen LogP contribution in [0, 0.1) is 22.0 Å². The van der Waals surface area contributed by atoms with E-state index in [-0.39, 0.29) is 16.7 Å². The van der Waals surface area contributed by atoms with E-state index in [2.05, 4.69) is 29.3 Å². The molecule has 0 saturated heterocycles. The minimum absolute atomic E-state index is 0.0975. The normalized spacial score (nSPS) is 36.9. The summed E-state index contributed by atoms with van der Waals surface area (Å²) in [5.74, 6) is 0.680. The predicted molar refractivity (Wildman–Crippen MR) is 101 cm³/mol. The van der Waals surface area contributed by atoms with Crippen molar-refractivity contribution in [2.24, 2.45) is 16.8 Å². The molecule has 3 atom stereocenters. The summed E-state index contributed by atoms with van der Waals surface area (Å²) in [6.07, 6.45) is 8.00. The van der Waals surface area contributed by atoms with Crippen LogP contribution in [0.3, 0.4) is 0 Å². The lowest BCUT2D eigenvalue weighted by Gasteiger charge is -2.31. The molecular weight excluding hydrogens is 356 g/mol. The van der Waals surface area contributed by atoms with Gasteiger partial charge in [-0.05, 0) is 64.6 Å². The molecule has 0 bridgehead atoms. The summed E-state index contributed by atoms with van der Waals surface area (Å²) in [5.41, 5.74) is 0.471. The molecule has 0 spiro atoms. The van der Waals surface area contributed by atoms with Crippen molar-refractivity contribution in [3.63, 3.8) is 0 Å². The van der Waals surface area contributed by atoms with Crippen LogP contribution in [0.5, 0.6) is 0 Å². The third kappa shape index (κ3) is 4.26. The third-order valence-corrected chi connectivity index (χ3v) is 6.48. The van der Waals surface area contributed by atoms with Gasteiger partial charge in [0.2, 0.25) is 6.04 Å². The van der Waals surface area contributed by atoms with Gasteiger partial charge in [-0.1, -0.05) is 0 Å². The zero-order valence-corrected chi connectivity index (χ0v) is 16.1. The number of carbonyl (C=O) groups excluding carboxylic acids is 1. The van der Waals surface area contributed by atoms with E-state index >= 15 is 0 Å². The van der Waals surface area contributed by atoms with E-state index in [4.69, 9.17) is 11.6 Å². The number of amidine groups is 1. The van der Waals surface area contributed by atoms with Crippen LogP contribution in [0.25, 0.3) is 0 Å². The van der Waals surface area contributed by atoms with Crippen molar-refractivity contribution < 1.29 is 9.72 Å². The lowest BCUT2D eigenvalue weighted by Crippen LogP contribution is -2.41. The molecule has 26 heavy (non-hydrogen) atoms. The predicted octanol–water partition coefficient (Wildman–Crippen LogP) is 2.57. The van der Waals surface area contributed by atoms with Gasteiger partial charge in [-0.3, -0.25) is 14.9 Å². The van der Waals surface area contributed by atoms with Gasteiger partial charge in [0.25, 0.3) is 5.91 Å². The van der Waals surface area contributed by atoms with Crippen molar-refractivity contribution in [2.45, 2.75) is 62.4 Å². The number of hydrogen-bond acceptors (Lipinski definition) is 5. The number of amides is 1. The Bertz CT molecular complexity index is 626. The highest BCUT2D eigenvalue weighted by atomic mass is 35.5. The number of nitrogens with one attached hydrogen (secondary N) is 1. The van der Waals surface area contributed by atoms with E-state index in [0.29, 0.717) is 36.3 Å². The van der Waals surface area contributed by atoms with Crippen molar-refractivity contribution >= 4 is 23.3 Å². The van der Waals surface area contributed by atoms with Gasteiger partial charge >= 0.3 is 0 Å². The molecule has 2 aliphatic carbocycles. The molecule has 2 fully saturated rings. The summed E-state index contributed by atoms with van der Waals surface area (Å²) in [6.45, 7) is 0. The van der Waals surface area contributed by atoms with E-state index < -0.39 is 11.4 Å². The van der Waals surface area contributed by atoms with Gasteiger partial charge in [-0.15, -0.1) is 11.6 Å². The van der Waals surface area contributed by atoms with Crippen LogP contribution in [-0.4, -0.2) is 53.1 Å². The molecular formula is C18H27ClN4O3. The molecule has 1 heterocycles. The Balaban J connectivity index is 1.65. The van der Waals surface area contributed by atoms with Gasteiger partial charge in [0, 0.05) is 23.3 Å². The first-order valence-corrected chi connectivity index (χ1v) is 9.84. The maximum atomic E-state index is 12.3. The Morgan fingerprint density at radius 2 is 1.92 bits per heavy atom. The van der Waals surface area contributed by atoms with Crippen molar-refractivity contribution in [2.75, 3.05) is 14.1 Å². The maximum Gasteiger partial charge on any atom is 0.274 e. The van der Waals surface area contributed by atoms with E-state index in [1.807, 2.05) is 6.08 Å². The summed E-state index contributed by atoms with van der Waals surface area (Å²) < 4.78 is 0. The summed E-state index contributed by atoms with van der Waals surface area (Å²) >= 11 is 6.09. The molecule has 1 aliphatic heterocycles. The Labute approximate surface area is 159 Å². The first kappa shape index (κ1) is 19.3. The van der Waals surface area contributed by atoms with Crippen molar-refractivity contribution in [3.05, 3.63) is 21.9 Å². The summed E-state index contributed by atoms with van der Waals surface area (Å²) in [4.78, 5) is 29.9. The minimum atomic E-state index is -0.774. The number of hydrogen-bond donors (Lipinski definition) is 1. The van der Waals surface area contributed by atoms with Gasteiger partial charge in [-0.2, -0.15) is 0 Å². The Morgan fingerprint density at radius 3 is 2.54 bits per heavy atom. The molecule has 0 radical (unpaired) electrons. The van der Waals surface area contributed by atoms with E-state index in [1.54, 1.807) is 0 Å². The van der Waals surface area contributed by atoms with Crippen LogP contribution in [-0.2, 0) is 4.79 Å². The number of alkyl halides is 1. The first-order chi connectivity index (χ1) is 12.3. The molecule has 0 aromatic rings. The maximum absolute atomic E-state index is 12.3. The van der Waals surface area contributed by atoms with E-state index in [1.165, 1.54) is 0 Å². The van der Waals surface area contributed by atoms with E-state index in [9.17, 15) is 14.9 Å². The van der Waals surface area contributed by atoms with Gasteiger partial charge in [0.15, 0.2) is 0 Å². The fourth-order valence-corrected chi connectivity index (χ4v) is 4.60. The van der Waals surface area contributed by atoms with Crippen LogP contribution >= 0.6 is 11.6 Å². The molecule has 3 unspecified atom stereocenters. The summed E-state index contributed by atoms with van der Waals surface area (Å²) in [5, 5.41) is 13.6. The Morgan fingerprint density at radius 1 is 1.23 bits per heavy atom. The number of allylic oxidation sites excluding steroid dienone is 1. The quantitative estimate of drug-likeness (QED) is 0.350. The second-order valence-corrected chi connectivity index (χ2v) is 8.47. The lowest BCUT2D eigenvalue weighted by atomic mass is 9.85. The molecule has 1 amide bonds. The largest absolute Gasteiger partial charge is 0.308 e. The molecule has 2 saturated carbocycles. The van der Waals surface area contributed by atoms with Crippen LogP contribution in [0.2, 0.25) is 0 Å². The number of nitrogens with zero attached hydrogens (tertiary/aromatic N) is 3. The van der Waals surface area contributed by atoms with Crippen molar-refractivity contribution in [3.8, 4) is 0 Å². The van der Waals surface area contributed by atoms with Crippen LogP contribution in [0.4, 0.5) is 0 Å². The molecule has 3 rings (SSSR count). The fourth-order valence-electron chi connectivity index (χ4n) is 4.28. The molecule has 7 nitrogen and oxygen atoms in total. The third-order valence-electron chi connectivity index (χ3n) is 5.97. The second kappa shape index (κ2) is 8.05. The highest BCUT2D eigenvalue weighted by molar-refractivity contribution is 6.21. The smallest absolute Gasteiger partial charge is 0.274 e. The molecule has 0 aromatic heterocycles. The standard InChI is InChI=1S/C18H27ClN4O3/c1-22(2)13-6-3-11(4-7-13)9-15-18(24)21-17(20-15)12-5-8-14(19)16(10-12)23(25)26/h9,11-14,16H,3-8,10H2,1-2H3,(H,20,21,24). The van der Waals surface area contributed by atoms with Gasteiger partial charge < -0.3 is 10.2 Å². The average Bonchev–Trinajstić information content (AvgIpc) is 2.96. The second-order valence-electron chi connectivity index (χ2n) is 7.91. The van der Waals surface area contributed by atoms with Crippen molar-refractivity contribution in [1.82, 2.24) is 10.2 Å². The molecule has 8 heteroatoms. The Kier molecular flexibility index (Phi) is 5.97. The van der Waals surface area contributed by atoms with Gasteiger partial charge in [0.05, 0.1) is 0 Å². The Hall–Kier alpha value is -1.47. The van der Waals surface area contributed by atoms with Crippen molar-refractivity contribution in [1.29, 1.82) is 0 Å². The topological polar surface area (TPSA) is 87.8 Å². The number of nitro groups is 1. The van der Waals surface area contributed by atoms with Crippen LogP contribution < -0.4 is 5.32 Å². The summed E-state index contributed by atoms with van der Waals surface area (Å²) in [6, 6.07) is -0.157. The molecule has 144 valence electrons. The number of rotatable bonds is 4. The first-order valence-electron chi connectivity index (χ1n) is 9.41. The number of halogens is 1. The fraction of sp³-hybridized carbons (Fsp3) is 0.778. The van der Waals surface area contributed by atoms with Crippen LogP contribution in [0.1, 0.15) is 44.9 Å². The molecule has 0 aromatic carbocycles. The van der Waals surface area contributed by atoms with Gasteiger partial charge in [0.1, 0.15) is 16.9 Å². The zero-order valence-electron chi connectivity index (χ0n) is 15.4. The molecule has 3 aliphatic rings. The van der Waals surface area contributed by atoms with E-state index in [0.717, 1.165) is 32.1 Å². The SMILES string of the molecule is CN(C)C1CCC(C=C2N=C(C3CCC(Cl)C([N+](=O)[O-])C3)NC2=O)CC1.